The summed E-state index contributed by atoms with van der Waals surface area (Å²) in [6.07, 6.45) is 7.65. The van der Waals surface area contributed by atoms with Crippen molar-refractivity contribution in [3.05, 3.63) is 53.2 Å². The second kappa shape index (κ2) is 14.5. The molecular weight excluding hydrogens is 504 g/mol. The molecule has 1 saturated heterocycles. The Labute approximate surface area is 242 Å². The van der Waals surface area contributed by atoms with Crippen LogP contribution >= 0.6 is 0 Å². The van der Waals surface area contributed by atoms with Crippen molar-refractivity contribution in [3.8, 4) is 5.75 Å². The molecule has 40 heavy (non-hydrogen) atoms. The van der Waals surface area contributed by atoms with Gasteiger partial charge in [0.05, 0.1) is 12.7 Å². The number of nitrogens with zero attached hydrogens (tertiary/aromatic N) is 4. The fourth-order valence-electron chi connectivity index (χ4n) is 5.76. The fraction of sp³-hybridized carbons (Fsp3) is 0.581. The van der Waals surface area contributed by atoms with Crippen LogP contribution < -0.4 is 20.3 Å². The minimum absolute atomic E-state index is 0. The maximum Gasteiger partial charge on any atom is 0.252 e. The molecule has 2 aliphatic rings. The first-order valence-corrected chi connectivity index (χ1v) is 14.7. The zero-order valence-electron chi connectivity index (χ0n) is 24.6. The molecule has 2 amide bonds. The third kappa shape index (κ3) is 7.95. The Kier molecular flexibility index (Phi) is 10.8. The molecule has 1 aliphatic carbocycles. The summed E-state index contributed by atoms with van der Waals surface area (Å²) in [5.74, 6) is 1.43. The number of amides is 2. The van der Waals surface area contributed by atoms with Crippen molar-refractivity contribution in [2.24, 2.45) is 0 Å². The second-order valence-electron chi connectivity index (χ2n) is 11.2. The van der Waals surface area contributed by atoms with E-state index < -0.39 is 0 Å². The van der Waals surface area contributed by atoms with Crippen LogP contribution in [0.15, 0.2) is 36.5 Å². The quantitative estimate of drug-likeness (QED) is 0.341. The van der Waals surface area contributed by atoms with Crippen LogP contribution in [-0.4, -0.2) is 99.2 Å². The number of ether oxygens (including phenoxy) is 1. The largest absolute Gasteiger partial charge is 0.496 e. The molecule has 1 aliphatic heterocycles. The molecule has 1 aromatic heterocycles. The molecule has 2 heterocycles. The number of pyridine rings is 1. The molecule has 1 saturated carbocycles. The van der Waals surface area contributed by atoms with Crippen LogP contribution in [0.4, 0.5) is 5.82 Å². The highest BCUT2D eigenvalue weighted by molar-refractivity contribution is 5.96. The van der Waals surface area contributed by atoms with Crippen LogP contribution in [-0.2, 0) is 0 Å². The minimum atomic E-state index is -0.0786. The first kappa shape index (κ1) is 29.8. The number of piperazine rings is 1. The van der Waals surface area contributed by atoms with E-state index in [1.807, 2.05) is 37.3 Å². The number of methoxy groups -OCH3 is 1. The Hall–Kier alpha value is -3.17. The lowest BCUT2D eigenvalue weighted by atomic mass is 10.0. The van der Waals surface area contributed by atoms with E-state index in [1.165, 1.54) is 0 Å². The number of carbonyl (C=O) groups excluding carboxylic acids is 2. The maximum absolute atomic E-state index is 13.1. The fourth-order valence-corrected chi connectivity index (χ4v) is 5.76. The van der Waals surface area contributed by atoms with Gasteiger partial charge in [-0.2, -0.15) is 0 Å². The lowest BCUT2D eigenvalue weighted by Gasteiger charge is -2.32. The van der Waals surface area contributed by atoms with Gasteiger partial charge in [0.15, 0.2) is 0 Å². The molecule has 2 unspecified atom stereocenters. The monoisotopic (exact) mass is 554 g/mol. The van der Waals surface area contributed by atoms with Gasteiger partial charge in [-0.05, 0) is 70.5 Å². The van der Waals surface area contributed by atoms with Gasteiger partial charge in [-0.25, -0.2) is 4.98 Å². The van der Waals surface area contributed by atoms with Gasteiger partial charge in [0.25, 0.3) is 11.8 Å². The van der Waals surface area contributed by atoms with Crippen LogP contribution in [0.25, 0.3) is 0 Å². The van der Waals surface area contributed by atoms with Crippen LogP contribution in [0.3, 0.4) is 0 Å². The Balaban J connectivity index is 0.00000308. The van der Waals surface area contributed by atoms with Crippen LogP contribution in [0.2, 0.25) is 0 Å². The van der Waals surface area contributed by atoms with E-state index in [0.717, 1.165) is 88.4 Å². The summed E-state index contributed by atoms with van der Waals surface area (Å²) in [6, 6.07) is 9.70. The standard InChI is InChI=1S/C31H46N6O3.2H2/c1-23-27(11-7-12-28(23)40-4)31(39)34-25-9-5-6-10-26(21-25)36(3)29-14-13-24(22-33-29)30(38)32-15-8-16-37-19-17-35(2)18-20-37;;/h7,11-14,22,25-26H,5-6,8-10,15-21H2,1-4H3,(H,32,38)(H,34,39);2*1H. The topological polar surface area (TPSA) is 90.0 Å². The molecule has 1 aromatic carbocycles. The van der Waals surface area contributed by atoms with Crippen molar-refractivity contribution in [3.63, 3.8) is 0 Å². The first-order valence-electron chi connectivity index (χ1n) is 14.7. The molecule has 4 rings (SSSR count). The van der Waals surface area contributed by atoms with Gasteiger partial charge in [0.1, 0.15) is 11.6 Å². The van der Waals surface area contributed by atoms with E-state index in [9.17, 15) is 9.59 Å². The van der Waals surface area contributed by atoms with Crippen LogP contribution in [0, 0.1) is 6.92 Å². The van der Waals surface area contributed by atoms with Crippen molar-refractivity contribution in [1.29, 1.82) is 0 Å². The van der Waals surface area contributed by atoms with Crippen LogP contribution in [0.1, 0.15) is 67.7 Å². The predicted octanol–water partition coefficient (Wildman–Crippen LogP) is 3.83. The van der Waals surface area contributed by atoms with Crippen molar-refractivity contribution in [1.82, 2.24) is 25.4 Å². The summed E-state index contributed by atoms with van der Waals surface area (Å²) in [4.78, 5) is 37.4. The summed E-state index contributed by atoms with van der Waals surface area (Å²) in [5, 5.41) is 6.31. The molecule has 222 valence electrons. The molecule has 2 atom stereocenters. The number of aromatic nitrogens is 1. The zero-order chi connectivity index (χ0) is 28.5. The molecule has 2 fully saturated rings. The van der Waals surface area contributed by atoms with Gasteiger partial charge in [-0.3, -0.25) is 9.59 Å². The zero-order valence-corrected chi connectivity index (χ0v) is 24.6. The van der Waals surface area contributed by atoms with E-state index in [-0.39, 0.29) is 26.8 Å². The van der Waals surface area contributed by atoms with Gasteiger partial charge in [-0.15, -0.1) is 0 Å². The Morgan fingerprint density at radius 3 is 2.60 bits per heavy atom. The predicted molar refractivity (Wildman–Crippen MR) is 164 cm³/mol. The number of anilines is 1. The van der Waals surface area contributed by atoms with Crippen molar-refractivity contribution in [2.45, 2.75) is 57.5 Å². The lowest BCUT2D eigenvalue weighted by Crippen LogP contribution is -2.45. The second-order valence-corrected chi connectivity index (χ2v) is 11.2. The van der Waals surface area contributed by atoms with Gasteiger partial charge in [0, 0.05) is 72.0 Å². The third-order valence-corrected chi connectivity index (χ3v) is 8.43. The van der Waals surface area contributed by atoms with Crippen molar-refractivity contribution >= 4 is 17.6 Å². The van der Waals surface area contributed by atoms with E-state index >= 15 is 0 Å². The van der Waals surface area contributed by atoms with E-state index in [0.29, 0.717) is 17.7 Å². The number of hydrogen-bond donors (Lipinski definition) is 2. The minimum Gasteiger partial charge on any atom is -0.496 e. The normalized spacial score (nSPS) is 20.4. The highest BCUT2D eigenvalue weighted by Crippen LogP contribution is 2.26. The van der Waals surface area contributed by atoms with E-state index in [1.54, 1.807) is 13.3 Å². The Bertz CT molecular complexity index is 1130. The molecular formula is C31H50N6O3. The first-order chi connectivity index (χ1) is 19.4. The number of rotatable bonds is 10. The van der Waals surface area contributed by atoms with E-state index in [2.05, 4.69) is 44.4 Å². The van der Waals surface area contributed by atoms with Gasteiger partial charge in [-0.1, -0.05) is 18.9 Å². The summed E-state index contributed by atoms with van der Waals surface area (Å²) in [7, 11) is 5.84. The molecule has 0 bridgehead atoms. The number of hydrogen-bond acceptors (Lipinski definition) is 7. The van der Waals surface area contributed by atoms with Gasteiger partial charge in [0.2, 0.25) is 0 Å². The molecule has 0 spiro atoms. The van der Waals surface area contributed by atoms with Gasteiger partial charge >= 0.3 is 0 Å². The molecule has 0 radical (unpaired) electrons. The lowest BCUT2D eigenvalue weighted by molar-refractivity contribution is 0.0928. The molecule has 2 aromatic rings. The smallest absolute Gasteiger partial charge is 0.252 e. The van der Waals surface area contributed by atoms with Crippen LogP contribution in [0.5, 0.6) is 5.75 Å². The third-order valence-electron chi connectivity index (χ3n) is 8.43. The SMILES string of the molecule is COc1cccc(C(=O)NC2CCCCC(N(C)c3ccc(C(=O)NCCCN4CCN(C)CC4)cn3)C2)c1C.[HH].[HH]. The summed E-state index contributed by atoms with van der Waals surface area (Å²) >= 11 is 0. The molecule has 9 heteroatoms. The molecule has 9 nitrogen and oxygen atoms in total. The maximum atomic E-state index is 13.1. The highest BCUT2D eigenvalue weighted by Gasteiger charge is 2.26. The summed E-state index contributed by atoms with van der Waals surface area (Å²) in [5.41, 5.74) is 2.09. The Morgan fingerprint density at radius 2 is 1.88 bits per heavy atom. The van der Waals surface area contributed by atoms with E-state index in [4.69, 9.17) is 4.74 Å². The number of carbonyl (C=O) groups is 2. The number of nitrogens with one attached hydrogen (secondary N) is 2. The number of benzene rings is 1. The highest BCUT2D eigenvalue weighted by atomic mass is 16.5. The Morgan fingerprint density at radius 1 is 1.10 bits per heavy atom. The average Bonchev–Trinajstić information content (AvgIpc) is 3.21. The van der Waals surface area contributed by atoms with Gasteiger partial charge < -0.3 is 30.1 Å². The van der Waals surface area contributed by atoms with Crippen molar-refractivity contribution < 1.29 is 17.2 Å². The summed E-state index contributed by atoms with van der Waals surface area (Å²) < 4.78 is 5.39. The molecule has 2 N–H and O–H groups in total. The average molecular weight is 555 g/mol. The summed E-state index contributed by atoms with van der Waals surface area (Å²) in [6.45, 7) is 8.01. The number of likely N-dealkylation sites (N-methyl/N-ethyl adjacent to an activating group) is 1. The van der Waals surface area contributed by atoms with Crippen molar-refractivity contribution in [2.75, 3.05) is 65.4 Å².